The third-order valence-corrected chi connectivity index (χ3v) is 2.36. The molecule has 5 heteroatoms. The molecule has 0 aromatic heterocycles. The van der Waals surface area contributed by atoms with Gasteiger partial charge in [-0.3, -0.25) is 4.18 Å². The molecule has 66 valence electrons. The van der Waals surface area contributed by atoms with Gasteiger partial charge in [0.15, 0.2) is 0 Å². The van der Waals surface area contributed by atoms with Crippen LogP contribution in [0.4, 0.5) is 0 Å². The van der Waals surface area contributed by atoms with Gasteiger partial charge < -0.3 is 5.73 Å². The summed E-state index contributed by atoms with van der Waals surface area (Å²) in [5.74, 6) is 0. The molecule has 2 N–H and O–H groups in total. The zero-order chi connectivity index (χ0) is 8.48. The molecular weight excluding hydrogens is 166 g/mol. The first-order valence-electron chi connectivity index (χ1n) is 3.61. The molecule has 0 bridgehead atoms. The molecule has 1 fully saturated rings. The van der Waals surface area contributed by atoms with E-state index in [0.29, 0.717) is 6.42 Å². The zero-order valence-electron chi connectivity index (χ0n) is 6.49. The van der Waals surface area contributed by atoms with Gasteiger partial charge in [0.25, 0.3) is 10.1 Å². The van der Waals surface area contributed by atoms with E-state index in [0.717, 1.165) is 19.1 Å². The first-order chi connectivity index (χ1) is 4.97. The largest absolute Gasteiger partial charge is 0.328 e. The van der Waals surface area contributed by atoms with Gasteiger partial charge in [-0.15, -0.1) is 0 Å². The maximum absolute atomic E-state index is 10.6. The molecule has 1 rings (SSSR count). The van der Waals surface area contributed by atoms with Crippen LogP contribution in [-0.2, 0) is 14.3 Å². The number of nitrogens with two attached hydrogens (primary N) is 1. The second-order valence-electron chi connectivity index (χ2n) is 3.00. The lowest BCUT2D eigenvalue weighted by atomic mass is 10.3. The summed E-state index contributed by atoms with van der Waals surface area (Å²) in [7, 11) is -3.29. The molecule has 1 saturated carbocycles. The van der Waals surface area contributed by atoms with Gasteiger partial charge in [-0.2, -0.15) is 8.42 Å². The molecule has 0 aromatic rings. The maximum Gasteiger partial charge on any atom is 0.264 e. The third kappa shape index (κ3) is 3.18. The van der Waals surface area contributed by atoms with Crippen LogP contribution in [0.5, 0.6) is 0 Å². The summed E-state index contributed by atoms with van der Waals surface area (Å²) in [5, 5.41) is 0. The van der Waals surface area contributed by atoms with E-state index in [4.69, 9.17) is 9.92 Å². The van der Waals surface area contributed by atoms with Crippen molar-refractivity contribution < 1.29 is 12.6 Å². The molecule has 0 heterocycles. The SMILES string of the molecule is CS(=O)(=O)O[C@@H]1CC[C@@H](N)C1. The van der Waals surface area contributed by atoms with Crippen molar-refractivity contribution >= 4 is 10.1 Å². The van der Waals surface area contributed by atoms with E-state index in [9.17, 15) is 8.42 Å². The molecule has 0 radical (unpaired) electrons. The minimum atomic E-state index is -3.29. The summed E-state index contributed by atoms with van der Waals surface area (Å²) in [6.07, 6.45) is 3.17. The van der Waals surface area contributed by atoms with E-state index in [2.05, 4.69) is 0 Å². The average molecular weight is 179 g/mol. The zero-order valence-corrected chi connectivity index (χ0v) is 7.30. The fourth-order valence-corrected chi connectivity index (χ4v) is 1.98. The quantitative estimate of drug-likeness (QED) is 0.598. The highest BCUT2D eigenvalue weighted by Gasteiger charge is 2.25. The second kappa shape index (κ2) is 3.08. The van der Waals surface area contributed by atoms with E-state index in [1.54, 1.807) is 0 Å². The number of hydrogen-bond donors (Lipinski definition) is 1. The van der Waals surface area contributed by atoms with Gasteiger partial charge in [0.1, 0.15) is 0 Å². The van der Waals surface area contributed by atoms with Gasteiger partial charge in [0.05, 0.1) is 12.4 Å². The summed E-state index contributed by atoms with van der Waals surface area (Å²) in [5.41, 5.74) is 5.57. The van der Waals surface area contributed by atoms with Crippen molar-refractivity contribution in [3.05, 3.63) is 0 Å². The molecule has 0 aliphatic heterocycles. The van der Waals surface area contributed by atoms with Gasteiger partial charge in [-0.25, -0.2) is 0 Å². The summed E-state index contributed by atoms with van der Waals surface area (Å²) < 4.78 is 26.0. The van der Waals surface area contributed by atoms with E-state index < -0.39 is 10.1 Å². The van der Waals surface area contributed by atoms with Crippen molar-refractivity contribution in [2.75, 3.05) is 6.26 Å². The van der Waals surface area contributed by atoms with Gasteiger partial charge in [0, 0.05) is 6.04 Å². The predicted octanol–water partition coefficient (Wildman–Crippen LogP) is -0.158. The van der Waals surface area contributed by atoms with E-state index in [1.807, 2.05) is 0 Å². The molecule has 0 saturated heterocycles. The summed E-state index contributed by atoms with van der Waals surface area (Å²) >= 11 is 0. The highest BCUT2D eigenvalue weighted by atomic mass is 32.2. The summed E-state index contributed by atoms with van der Waals surface area (Å²) in [4.78, 5) is 0. The molecule has 0 amide bonds. The predicted molar refractivity (Wildman–Crippen MR) is 41.5 cm³/mol. The Balaban J connectivity index is 2.41. The van der Waals surface area contributed by atoms with Crippen LogP contribution in [0, 0.1) is 0 Å². The van der Waals surface area contributed by atoms with Gasteiger partial charge in [0.2, 0.25) is 0 Å². The van der Waals surface area contributed by atoms with Crippen LogP contribution in [0.1, 0.15) is 19.3 Å². The molecule has 2 atom stereocenters. The smallest absolute Gasteiger partial charge is 0.264 e. The topological polar surface area (TPSA) is 69.4 Å². The average Bonchev–Trinajstić information content (AvgIpc) is 2.10. The van der Waals surface area contributed by atoms with E-state index >= 15 is 0 Å². The summed E-state index contributed by atoms with van der Waals surface area (Å²) in [6, 6.07) is 0.113. The van der Waals surface area contributed by atoms with Crippen molar-refractivity contribution in [3.8, 4) is 0 Å². The molecule has 4 nitrogen and oxygen atoms in total. The fraction of sp³-hybridized carbons (Fsp3) is 1.00. The lowest BCUT2D eigenvalue weighted by molar-refractivity contribution is 0.218. The van der Waals surface area contributed by atoms with Crippen LogP contribution in [0.3, 0.4) is 0 Å². The molecule has 0 aromatic carbocycles. The van der Waals surface area contributed by atoms with Crippen molar-refractivity contribution in [2.24, 2.45) is 5.73 Å². The molecular formula is C6H13NO3S. The van der Waals surface area contributed by atoms with Crippen LogP contribution < -0.4 is 5.73 Å². The Morgan fingerprint density at radius 1 is 1.45 bits per heavy atom. The molecule has 1 aliphatic carbocycles. The second-order valence-corrected chi connectivity index (χ2v) is 4.60. The van der Waals surface area contributed by atoms with Crippen LogP contribution in [0.25, 0.3) is 0 Å². The van der Waals surface area contributed by atoms with Gasteiger partial charge in [-0.05, 0) is 19.3 Å². The highest BCUT2D eigenvalue weighted by molar-refractivity contribution is 7.86. The Labute approximate surface area is 66.8 Å². The van der Waals surface area contributed by atoms with Crippen molar-refractivity contribution in [1.82, 2.24) is 0 Å². The van der Waals surface area contributed by atoms with Crippen molar-refractivity contribution in [3.63, 3.8) is 0 Å². The van der Waals surface area contributed by atoms with Crippen LogP contribution >= 0.6 is 0 Å². The minimum absolute atomic E-state index is 0.113. The lowest BCUT2D eigenvalue weighted by Gasteiger charge is -2.07. The monoisotopic (exact) mass is 179 g/mol. The first kappa shape index (κ1) is 8.96. The lowest BCUT2D eigenvalue weighted by Crippen LogP contribution is -2.19. The van der Waals surface area contributed by atoms with Crippen molar-refractivity contribution in [2.45, 2.75) is 31.4 Å². The Bertz CT molecular complexity index is 224. The number of hydrogen-bond acceptors (Lipinski definition) is 4. The van der Waals surface area contributed by atoms with Crippen LogP contribution in [-0.4, -0.2) is 26.8 Å². The Morgan fingerprint density at radius 2 is 2.09 bits per heavy atom. The normalized spacial score (nSPS) is 32.5. The molecule has 0 spiro atoms. The molecule has 11 heavy (non-hydrogen) atoms. The molecule has 0 unspecified atom stereocenters. The highest BCUT2D eigenvalue weighted by Crippen LogP contribution is 2.21. The minimum Gasteiger partial charge on any atom is -0.328 e. The van der Waals surface area contributed by atoms with Crippen LogP contribution in [0.2, 0.25) is 0 Å². The Morgan fingerprint density at radius 3 is 2.45 bits per heavy atom. The maximum atomic E-state index is 10.6. The first-order valence-corrected chi connectivity index (χ1v) is 5.43. The number of rotatable bonds is 2. The van der Waals surface area contributed by atoms with Gasteiger partial charge >= 0.3 is 0 Å². The van der Waals surface area contributed by atoms with Crippen LogP contribution in [0.15, 0.2) is 0 Å². The van der Waals surface area contributed by atoms with Crippen molar-refractivity contribution in [1.29, 1.82) is 0 Å². The Hall–Kier alpha value is -0.130. The van der Waals surface area contributed by atoms with E-state index in [-0.39, 0.29) is 12.1 Å². The fourth-order valence-electron chi connectivity index (χ4n) is 1.31. The standard InChI is InChI=1S/C6H13NO3S/c1-11(8,9)10-6-3-2-5(7)4-6/h5-6H,2-4,7H2,1H3/t5-,6-/m1/s1. The Kier molecular flexibility index (Phi) is 2.51. The van der Waals surface area contributed by atoms with Gasteiger partial charge in [-0.1, -0.05) is 0 Å². The van der Waals surface area contributed by atoms with E-state index in [1.165, 1.54) is 0 Å². The third-order valence-electron chi connectivity index (χ3n) is 1.74. The molecule has 1 aliphatic rings. The summed E-state index contributed by atoms with van der Waals surface area (Å²) in [6.45, 7) is 0.